The van der Waals surface area contributed by atoms with Gasteiger partial charge in [-0.1, -0.05) is 19.9 Å². The second-order valence-electron chi connectivity index (χ2n) is 7.90. The van der Waals surface area contributed by atoms with E-state index in [2.05, 4.69) is 44.7 Å². The van der Waals surface area contributed by atoms with Crippen LogP contribution in [0.4, 0.5) is 17.8 Å². The largest absolute Gasteiger partial charge is 0.454 e. The zero-order chi connectivity index (χ0) is 23.3. The molecule has 0 saturated carbocycles. The standard InChI is InChI=1S/C22H35N7O4/c1-16(2)5-7-24-20-27-21(25-8-10-31-12-11-30-9-6-23)29-22(28-20)26-14-17-3-4-18-19(13-17)33-15-32-18/h3-4,13,16H,5-12,14-15,23H2,1-2H3,(H3,24,25,26,27,28,29). The first kappa shape index (κ1) is 24.7. The van der Waals surface area contributed by atoms with Crippen LogP contribution in [0.25, 0.3) is 0 Å². The zero-order valence-electron chi connectivity index (χ0n) is 19.4. The molecular weight excluding hydrogens is 426 g/mol. The molecule has 0 bridgehead atoms. The maximum atomic E-state index is 5.54. The van der Waals surface area contributed by atoms with Gasteiger partial charge in [0.2, 0.25) is 24.6 Å². The molecule has 11 heteroatoms. The van der Waals surface area contributed by atoms with Crippen LogP contribution < -0.4 is 31.2 Å². The smallest absolute Gasteiger partial charge is 0.231 e. The van der Waals surface area contributed by atoms with Crippen LogP contribution in [0.2, 0.25) is 0 Å². The lowest BCUT2D eigenvalue weighted by Gasteiger charge is -2.12. The number of nitrogens with one attached hydrogen (secondary N) is 3. The van der Waals surface area contributed by atoms with Crippen LogP contribution in [0.1, 0.15) is 25.8 Å². The Balaban J connectivity index is 1.53. The molecule has 0 unspecified atom stereocenters. The topological polar surface area (TPSA) is 138 Å². The summed E-state index contributed by atoms with van der Waals surface area (Å²) < 4.78 is 21.6. The molecule has 0 fully saturated rings. The van der Waals surface area contributed by atoms with Crippen LogP contribution in [-0.4, -0.2) is 67.8 Å². The Morgan fingerprint density at radius 1 is 0.879 bits per heavy atom. The maximum absolute atomic E-state index is 5.54. The van der Waals surface area contributed by atoms with Crippen molar-refractivity contribution in [3.8, 4) is 11.5 Å². The van der Waals surface area contributed by atoms with Gasteiger partial charge in [0.1, 0.15) is 0 Å². The molecule has 0 aliphatic carbocycles. The first-order valence-electron chi connectivity index (χ1n) is 11.4. The number of fused-ring (bicyclic) bond motifs is 1. The zero-order valence-corrected chi connectivity index (χ0v) is 19.4. The summed E-state index contributed by atoms with van der Waals surface area (Å²) in [4.78, 5) is 13.5. The number of hydrogen-bond acceptors (Lipinski definition) is 11. The van der Waals surface area contributed by atoms with Crippen LogP contribution in [0.3, 0.4) is 0 Å². The molecule has 0 radical (unpaired) electrons. The van der Waals surface area contributed by atoms with Gasteiger partial charge in [0.05, 0.1) is 26.4 Å². The van der Waals surface area contributed by atoms with Gasteiger partial charge in [0, 0.05) is 26.2 Å². The lowest BCUT2D eigenvalue weighted by molar-refractivity contribution is 0.0547. The van der Waals surface area contributed by atoms with Crippen molar-refractivity contribution in [2.45, 2.75) is 26.8 Å². The van der Waals surface area contributed by atoms with E-state index < -0.39 is 0 Å². The average molecular weight is 462 g/mol. The summed E-state index contributed by atoms with van der Waals surface area (Å²) in [5, 5.41) is 9.74. The van der Waals surface area contributed by atoms with E-state index in [9.17, 15) is 0 Å². The van der Waals surface area contributed by atoms with Gasteiger partial charge >= 0.3 is 0 Å². The molecule has 5 N–H and O–H groups in total. The summed E-state index contributed by atoms with van der Waals surface area (Å²) in [5.74, 6) is 3.58. The van der Waals surface area contributed by atoms with Gasteiger partial charge in [-0.25, -0.2) is 0 Å². The van der Waals surface area contributed by atoms with Crippen molar-refractivity contribution in [2.75, 3.05) is 68.8 Å². The van der Waals surface area contributed by atoms with Gasteiger partial charge in [0.15, 0.2) is 11.5 Å². The molecule has 2 heterocycles. The molecule has 1 aliphatic heterocycles. The molecule has 182 valence electrons. The third kappa shape index (κ3) is 8.87. The number of nitrogens with zero attached hydrogens (tertiary/aromatic N) is 3. The Morgan fingerprint density at radius 3 is 2.27 bits per heavy atom. The summed E-state index contributed by atoms with van der Waals surface area (Å²) >= 11 is 0. The summed E-state index contributed by atoms with van der Waals surface area (Å²) in [6.07, 6.45) is 1.02. The molecule has 1 aliphatic rings. The lowest BCUT2D eigenvalue weighted by atomic mass is 10.1. The molecule has 0 spiro atoms. The number of nitrogens with two attached hydrogens (primary N) is 1. The van der Waals surface area contributed by atoms with E-state index in [1.54, 1.807) is 0 Å². The lowest BCUT2D eigenvalue weighted by Crippen LogP contribution is -2.17. The molecular formula is C22H35N7O4. The molecule has 2 aromatic rings. The monoisotopic (exact) mass is 461 g/mol. The molecule has 1 aromatic heterocycles. The average Bonchev–Trinajstić information content (AvgIpc) is 3.27. The highest BCUT2D eigenvalue weighted by molar-refractivity contribution is 5.46. The Labute approximate surface area is 194 Å². The fourth-order valence-electron chi connectivity index (χ4n) is 2.96. The summed E-state index contributed by atoms with van der Waals surface area (Å²) in [7, 11) is 0. The third-order valence-corrected chi connectivity index (χ3v) is 4.69. The second-order valence-corrected chi connectivity index (χ2v) is 7.90. The Bertz CT molecular complexity index is 853. The normalized spacial score (nSPS) is 12.2. The number of rotatable bonds is 16. The van der Waals surface area contributed by atoms with Crippen molar-refractivity contribution < 1.29 is 18.9 Å². The van der Waals surface area contributed by atoms with Gasteiger partial charge in [-0.3, -0.25) is 0 Å². The number of hydrogen-bond donors (Lipinski definition) is 4. The quantitative estimate of drug-likeness (QED) is 0.273. The van der Waals surface area contributed by atoms with Crippen LogP contribution in [-0.2, 0) is 16.0 Å². The van der Waals surface area contributed by atoms with E-state index in [-0.39, 0.29) is 6.79 Å². The van der Waals surface area contributed by atoms with Crippen molar-refractivity contribution >= 4 is 17.8 Å². The van der Waals surface area contributed by atoms with E-state index in [1.165, 1.54) is 0 Å². The van der Waals surface area contributed by atoms with Gasteiger partial charge in [-0.2, -0.15) is 15.0 Å². The predicted octanol–water partition coefficient (Wildman–Crippen LogP) is 2.07. The minimum atomic E-state index is 0.255. The first-order valence-corrected chi connectivity index (χ1v) is 11.4. The van der Waals surface area contributed by atoms with Gasteiger partial charge in [-0.05, 0) is 30.0 Å². The number of anilines is 3. The fraction of sp³-hybridized carbons (Fsp3) is 0.591. The Morgan fingerprint density at radius 2 is 1.55 bits per heavy atom. The minimum Gasteiger partial charge on any atom is -0.454 e. The van der Waals surface area contributed by atoms with Crippen molar-refractivity contribution in [3.63, 3.8) is 0 Å². The SMILES string of the molecule is CC(C)CCNc1nc(NCCOCCOCCN)nc(NCc2ccc3c(c2)OCO3)n1. The minimum absolute atomic E-state index is 0.255. The van der Waals surface area contributed by atoms with E-state index in [0.717, 1.165) is 30.0 Å². The van der Waals surface area contributed by atoms with Gasteiger partial charge < -0.3 is 40.6 Å². The van der Waals surface area contributed by atoms with E-state index in [0.29, 0.717) is 69.8 Å². The molecule has 33 heavy (non-hydrogen) atoms. The van der Waals surface area contributed by atoms with Gasteiger partial charge in [0.25, 0.3) is 0 Å². The molecule has 3 rings (SSSR count). The van der Waals surface area contributed by atoms with Crippen LogP contribution >= 0.6 is 0 Å². The highest BCUT2D eigenvalue weighted by Crippen LogP contribution is 2.32. The van der Waals surface area contributed by atoms with Crippen molar-refractivity contribution in [3.05, 3.63) is 23.8 Å². The van der Waals surface area contributed by atoms with Gasteiger partial charge in [-0.15, -0.1) is 0 Å². The van der Waals surface area contributed by atoms with Crippen molar-refractivity contribution in [1.29, 1.82) is 0 Å². The summed E-state index contributed by atoms with van der Waals surface area (Å²) in [5.41, 5.74) is 6.42. The molecule has 1 aromatic carbocycles. The Hall–Kier alpha value is -2.89. The third-order valence-electron chi connectivity index (χ3n) is 4.69. The highest BCUT2D eigenvalue weighted by atomic mass is 16.7. The summed E-state index contributed by atoms with van der Waals surface area (Å²) in [6.45, 7) is 9.12. The number of aromatic nitrogens is 3. The van der Waals surface area contributed by atoms with Crippen LogP contribution in [0.5, 0.6) is 11.5 Å². The second kappa shape index (κ2) is 13.6. The Kier molecular flexibility index (Phi) is 10.2. The maximum Gasteiger partial charge on any atom is 0.231 e. The first-order chi connectivity index (χ1) is 16.1. The predicted molar refractivity (Wildman–Crippen MR) is 127 cm³/mol. The molecule has 0 atom stereocenters. The van der Waals surface area contributed by atoms with Crippen molar-refractivity contribution in [1.82, 2.24) is 15.0 Å². The highest BCUT2D eigenvalue weighted by Gasteiger charge is 2.13. The summed E-state index contributed by atoms with van der Waals surface area (Å²) in [6, 6.07) is 5.84. The van der Waals surface area contributed by atoms with E-state index in [4.69, 9.17) is 24.7 Å². The molecule has 0 saturated heterocycles. The van der Waals surface area contributed by atoms with Crippen LogP contribution in [0, 0.1) is 5.92 Å². The fourth-order valence-corrected chi connectivity index (χ4v) is 2.96. The number of benzene rings is 1. The van der Waals surface area contributed by atoms with Crippen LogP contribution in [0.15, 0.2) is 18.2 Å². The van der Waals surface area contributed by atoms with E-state index in [1.807, 2.05) is 18.2 Å². The van der Waals surface area contributed by atoms with E-state index >= 15 is 0 Å². The molecule has 11 nitrogen and oxygen atoms in total. The van der Waals surface area contributed by atoms with Crippen molar-refractivity contribution in [2.24, 2.45) is 11.7 Å². The molecule has 0 amide bonds. The number of ether oxygens (including phenoxy) is 4.